The Balaban J connectivity index is 1.66. The number of benzene rings is 2. The van der Waals surface area contributed by atoms with Crippen molar-refractivity contribution in [2.75, 3.05) is 20.8 Å². The first-order valence-electron chi connectivity index (χ1n) is 10.2. The molecule has 2 aromatic rings. The van der Waals surface area contributed by atoms with Gasteiger partial charge in [-0.3, -0.25) is 4.79 Å². The SMILES string of the molecule is COc1cc2c(cc1OC)C1(O)C(=O)c3c(O)cc4c(c3OC1CO2)CC(C(C)C)O4. The molecule has 164 valence electrons. The molecule has 0 spiro atoms. The van der Waals surface area contributed by atoms with Crippen molar-refractivity contribution in [3.05, 3.63) is 34.9 Å². The van der Waals surface area contributed by atoms with Gasteiger partial charge in [0.1, 0.15) is 41.3 Å². The average molecular weight is 428 g/mol. The van der Waals surface area contributed by atoms with Gasteiger partial charge in [-0.2, -0.15) is 0 Å². The second kappa shape index (κ2) is 6.68. The van der Waals surface area contributed by atoms with E-state index in [9.17, 15) is 15.0 Å². The first-order valence-corrected chi connectivity index (χ1v) is 10.2. The molecular formula is C23H24O8. The van der Waals surface area contributed by atoms with Crippen LogP contribution in [0, 0.1) is 5.92 Å². The molecule has 0 saturated carbocycles. The Morgan fingerprint density at radius 3 is 2.48 bits per heavy atom. The lowest BCUT2D eigenvalue weighted by Crippen LogP contribution is -2.57. The Bertz CT molecular complexity index is 1090. The molecule has 8 nitrogen and oxygen atoms in total. The average Bonchev–Trinajstić information content (AvgIpc) is 3.18. The number of phenols is 1. The standard InChI is InChI=1S/C23H24O8/c1-10(2)14-5-11-15(30-14)7-13(24)20-21(11)31-19-9-29-16-8-18(28-4)17(27-3)6-12(16)23(19,26)22(20)25/h6-8,10,14,19,24,26H,5,9H2,1-4H3. The fraction of sp³-hybridized carbons (Fsp3) is 0.435. The van der Waals surface area contributed by atoms with Crippen molar-refractivity contribution >= 4 is 5.78 Å². The number of aliphatic hydroxyl groups is 1. The Morgan fingerprint density at radius 1 is 1.10 bits per heavy atom. The first-order chi connectivity index (χ1) is 14.8. The molecule has 0 fully saturated rings. The number of methoxy groups -OCH3 is 2. The lowest BCUT2D eigenvalue weighted by molar-refractivity contribution is -0.0805. The highest BCUT2D eigenvalue weighted by atomic mass is 16.6. The van der Waals surface area contributed by atoms with Crippen LogP contribution in [-0.4, -0.2) is 49.0 Å². The van der Waals surface area contributed by atoms with E-state index in [1.54, 1.807) is 6.07 Å². The van der Waals surface area contributed by atoms with E-state index in [1.165, 1.54) is 26.4 Å². The number of Topliss-reactive ketones (excluding diaryl/α,β-unsaturated/α-hetero) is 1. The van der Waals surface area contributed by atoms with Gasteiger partial charge in [0.15, 0.2) is 23.2 Å². The van der Waals surface area contributed by atoms with Gasteiger partial charge in [-0.25, -0.2) is 0 Å². The molecule has 3 unspecified atom stereocenters. The summed E-state index contributed by atoms with van der Waals surface area (Å²) in [6.45, 7) is 4.03. The predicted molar refractivity (Wildman–Crippen MR) is 109 cm³/mol. The number of carbonyl (C=O) groups is 1. The van der Waals surface area contributed by atoms with E-state index in [0.717, 1.165) is 5.56 Å². The van der Waals surface area contributed by atoms with Crippen LogP contribution in [0.1, 0.15) is 35.3 Å². The van der Waals surface area contributed by atoms with Gasteiger partial charge in [0.2, 0.25) is 5.78 Å². The number of carbonyl (C=O) groups excluding carboxylic acids is 1. The molecule has 3 aliphatic heterocycles. The highest BCUT2D eigenvalue weighted by molar-refractivity contribution is 6.09. The van der Waals surface area contributed by atoms with E-state index in [4.69, 9.17) is 23.7 Å². The number of fused-ring (bicyclic) bond motifs is 6. The van der Waals surface area contributed by atoms with E-state index in [-0.39, 0.29) is 41.3 Å². The van der Waals surface area contributed by atoms with Gasteiger partial charge in [0, 0.05) is 29.7 Å². The molecule has 0 amide bonds. The second-order valence-corrected chi connectivity index (χ2v) is 8.40. The summed E-state index contributed by atoms with van der Waals surface area (Å²) in [7, 11) is 2.95. The van der Waals surface area contributed by atoms with Gasteiger partial charge in [-0.05, 0) is 12.0 Å². The number of phenolic OH excluding ortho intramolecular Hbond substituents is 1. The molecule has 0 bridgehead atoms. The van der Waals surface area contributed by atoms with Crippen molar-refractivity contribution in [1.82, 2.24) is 0 Å². The molecule has 2 N–H and O–H groups in total. The second-order valence-electron chi connectivity index (χ2n) is 8.40. The molecule has 3 aliphatic rings. The Kier molecular flexibility index (Phi) is 4.27. The van der Waals surface area contributed by atoms with Gasteiger partial charge < -0.3 is 33.9 Å². The van der Waals surface area contributed by atoms with Crippen molar-refractivity contribution in [2.24, 2.45) is 5.92 Å². The van der Waals surface area contributed by atoms with Crippen molar-refractivity contribution < 1.29 is 38.7 Å². The summed E-state index contributed by atoms with van der Waals surface area (Å²) in [6.07, 6.45) is -0.529. The number of hydrogen-bond acceptors (Lipinski definition) is 8. The van der Waals surface area contributed by atoms with Crippen molar-refractivity contribution in [2.45, 2.75) is 38.1 Å². The number of aromatic hydroxyl groups is 1. The Hall–Kier alpha value is -3.13. The fourth-order valence-corrected chi connectivity index (χ4v) is 4.55. The monoisotopic (exact) mass is 428 g/mol. The van der Waals surface area contributed by atoms with Crippen LogP contribution < -0.4 is 23.7 Å². The van der Waals surface area contributed by atoms with Gasteiger partial charge in [0.05, 0.1) is 14.2 Å². The molecule has 0 saturated heterocycles. The molecule has 3 heterocycles. The third kappa shape index (κ3) is 2.61. The maximum Gasteiger partial charge on any atom is 0.210 e. The molecule has 3 atom stereocenters. The lowest BCUT2D eigenvalue weighted by atomic mass is 9.76. The Labute approximate surface area is 179 Å². The van der Waals surface area contributed by atoms with Crippen LogP contribution in [0.3, 0.4) is 0 Å². The third-order valence-electron chi connectivity index (χ3n) is 6.34. The van der Waals surface area contributed by atoms with Gasteiger partial charge in [-0.15, -0.1) is 0 Å². The van der Waals surface area contributed by atoms with Crippen LogP contribution in [0.4, 0.5) is 0 Å². The third-order valence-corrected chi connectivity index (χ3v) is 6.34. The van der Waals surface area contributed by atoms with Crippen LogP contribution >= 0.6 is 0 Å². The van der Waals surface area contributed by atoms with Crippen LogP contribution in [0.15, 0.2) is 18.2 Å². The smallest absolute Gasteiger partial charge is 0.210 e. The summed E-state index contributed by atoms with van der Waals surface area (Å²) in [5, 5.41) is 22.3. The summed E-state index contributed by atoms with van der Waals surface area (Å²) in [6, 6.07) is 4.50. The molecule has 5 rings (SSSR count). The van der Waals surface area contributed by atoms with Gasteiger partial charge >= 0.3 is 0 Å². The fourth-order valence-electron chi connectivity index (χ4n) is 4.55. The number of ether oxygens (including phenoxy) is 5. The molecule has 8 heteroatoms. The Morgan fingerprint density at radius 2 is 1.81 bits per heavy atom. The maximum atomic E-state index is 13.7. The molecular weight excluding hydrogens is 404 g/mol. The minimum Gasteiger partial charge on any atom is -0.507 e. The summed E-state index contributed by atoms with van der Waals surface area (Å²) >= 11 is 0. The summed E-state index contributed by atoms with van der Waals surface area (Å²) in [4.78, 5) is 13.7. The molecule has 2 aromatic carbocycles. The van der Waals surface area contributed by atoms with E-state index in [2.05, 4.69) is 0 Å². The minimum absolute atomic E-state index is 0.0480. The number of hydrogen-bond donors (Lipinski definition) is 2. The number of rotatable bonds is 3. The highest BCUT2D eigenvalue weighted by Crippen LogP contribution is 2.53. The highest BCUT2D eigenvalue weighted by Gasteiger charge is 2.57. The maximum absolute atomic E-state index is 13.7. The zero-order valence-corrected chi connectivity index (χ0v) is 17.7. The minimum atomic E-state index is -2.05. The lowest BCUT2D eigenvalue weighted by Gasteiger charge is -2.43. The number of ketones is 1. The molecule has 0 aliphatic carbocycles. The normalized spacial score (nSPS) is 25.4. The van der Waals surface area contributed by atoms with Crippen molar-refractivity contribution in [3.63, 3.8) is 0 Å². The van der Waals surface area contributed by atoms with E-state index >= 15 is 0 Å². The van der Waals surface area contributed by atoms with Crippen molar-refractivity contribution in [1.29, 1.82) is 0 Å². The summed E-state index contributed by atoms with van der Waals surface area (Å²) in [5.41, 5.74) is -1.18. The van der Waals surface area contributed by atoms with E-state index in [0.29, 0.717) is 29.4 Å². The molecule has 0 aromatic heterocycles. The van der Waals surface area contributed by atoms with Crippen LogP contribution in [0.2, 0.25) is 0 Å². The topological polar surface area (TPSA) is 104 Å². The van der Waals surface area contributed by atoms with Gasteiger partial charge in [-0.1, -0.05) is 13.8 Å². The zero-order valence-electron chi connectivity index (χ0n) is 17.7. The summed E-state index contributed by atoms with van der Waals surface area (Å²) < 4.78 is 28.5. The van der Waals surface area contributed by atoms with Gasteiger partial charge in [0.25, 0.3) is 0 Å². The van der Waals surface area contributed by atoms with Crippen molar-refractivity contribution in [3.8, 4) is 34.5 Å². The first kappa shape index (κ1) is 19.8. The van der Waals surface area contributed by atoms with E-state index < -0.39 is 17.5 Å². The zero-order chi connectivity index (χ0) is 22.1. The van der Waals surface area contributed by atoms with Crippen LogP contribution in [-0.2, 0) is 12.0 Å². The van der Waals surface area contributed by atoms with Crippen LogP contribution in [0.25, 0.3) is 0 Å². The molecule has 0 radical (unpaired) electrons. The van der Waals surface area contributed by atoms with E-state index in [1.807, 2.05) is 13.8 Å². The molecule has 31 heavy (non-hydrogen) atoms. The predicted octanol–water partition coefficient (Wildman–Crippen LogP) is 2.59. The quantitative estimate of drug-likeness (QED) is 0.769. The van der Waals surface area contributed by atoms with Crippen LogP contribution in [0.5, 0.6) is 34.5 Å². The largest absolute Gasteiger partial charge is 0.507 e. The summed E-state index contributed by atoms with van der Waals surface area (Å²) in [5.74, 6) is 1.10.